The Morgan fingerprint density at radius 2 is 1.97 bits per heavy atom. The number of aromatic nitrogens is 4. The van der Waals surface area contributed by atoms with E-state index < -0.39 is 16.2 Å². The highest BCUT2D eigenvalue weighted by atomic mass is 16.6. The third-order valence-corrected chi connectivity index (χ3v) is 4.52. The maximum atomic E-state index is 12.6. The SMILES string of the molecule is Cc1cc(C)n(Cc2cccc(Nc3nc4ccccn4c(=O)c3[N+](=O)[O-])c2)n1. The summed E-state index contributed by atoms with van der Waals surface area (Å²) in [6, 6.07) is 14.4. The van der Waals surface area contributed by atoms with Crippen molar-refractivity contribution in [1.29, 1.82) is 0 Å². The zero-order valence-electron chi connectivity index (χ0n) is 15.9. The second-order valence-electron chi connectivity index (χ2n) is 6.71. The van der Waals surface area contributed by atoms with Crippen molar-refractivity contribution in [3.63, 3.8) is 0 Å². The van der Waals surface area contributed by atoms with Crippen molar-refractivity contribution in [1.82, 2.24) is 19.2 Å². The molecular formula is C20H18N6O3. The Hall–Kier alpha value is -4.01. The molecule has 4 rings (SSSR count). The summed E-state index contributed by atoms with van der Waals surface area (Å²) in [5.74, 6) is -0.0885. The second-order valence-corrected chi connectivity index (χ2v) is 6.71. The molecule has 9 nitrogen and oxygen atoms in total. The summed E-state index contributed by atoms with van der Waals surface area (Å²) in [5, 5.41) is 18.9. The molecule has 0 atom stereocenters. The fraction of sp³-hybridized carbons (Fsp3) is 0.150. The lowest BCUT2D eigenvalue weighted by Gasteiger charge is -2.10. The number of rotatable bonds is 5. The Morgan fingerprint density at radius 1 is 1.14 bits per heavy atom. The molecule has 0 spiro atoms. The van der Waals surface area contributed by atoms with Gasteiger partial charge in [0.1, 0.15) is 5.65 Å². The van der Waals surface area contributed by atoms with Gasteiger partial charge in [0.05, 0.1) is 17.2 Å². The molecule has 9 heteroatoms. The molecule has 0 saturated heterocycles. The summed E-state index contributed by atoms with van der Waals surface area (Å²) in [5.41, 5.74) is 2.53. The highest BCUT2D eigenvalue weighted by molar-refractivity contribution is 5.67. The van der Waals surface area contributed by atoms with Crippen molar-refractivity contribution in [3.8, 4) is 0 Å². The monoisotopic (exact) mass is 390 g/mol. The van der Waals surface area contributed by atoms with Crippen molar-refractivity contribution < 1.29 is 4.92 Å². The molecule has 0 aliphatic heterocycles. The van der Waals surface area contributed by atoms with Crippen LogP contribution in [0, 0.1) is 24.0 Å². The van der Waals surface area contributed by atoms with Crippen LogP contribution < -0.4 is 10.9 Å². The molecule has 3 aromatic heterocycles. The third-order valence-electron chi connectivity index (χ3n) is 4.52. The number of benzene rings is 1. The van der Waals surface area contributed by atoms with Crippen LogP contribution in [0.5, 0.6) is 0 Å². The van der Waals surface area contributed by atoms with Crippen LogP contribution in [0.15, 0.2) is 59.5 Å². The summed E-state index contributed by atoms with van der Waals surface area (Å²) in [4.78, 5) is 27.6. The standard InChI is InChI=1S/C20H18N6O3/c1-13-10-14(2)25(23-13)12-15-6-5-7-16(11-15)21-19-18(26(28)29)20(27)24-9-4-3-8-17(24)22-19/h3-11,21H,12H2,1-2H3. The minimum Gasteiger partial charge on any atom is -0.334 e. The van der Waals surface area contributed by atoms with E-state index in [0.717, 1.165) is 21.4 Å². The first kappa shape index (κ1) is 18.4. The molecule has 29 heavy (non-hydrogen) atoms. The molecule has 146 valence electrons. The highest BCUT2D eigenvalue weighted by Gasteiger charge is 2.23. The maximum Gasteiger partial charge on any atom is 0.376 e. The second kappa shape index (κ2) is 7.19. The molecule has 4 aromatic rings. The number of anilines is 2. The first-order valence-electron chi connectivity index (χ1n) is 8.95. The molecule has 0 radical (unpaired) electrons. The normalized spacial score (nSPS) is 11.0. The van der Waals surface area contributed by atoms with E-state index in [0.29, 0.717) is 17.9 Å². The van der Waals surface area contributed by atoms with Crippen LogP contribution in [0.1, 0.15) is 17.0 Å². The van der Waals surface area contributed by atoms with E-state index in [9.17, 15) is 14.9 Å². The van der Waals surface area contributed by atoms with Gasteiger partial charge in [0.15, 0.2) is 0 Å². The largest absolute Gasteiger partial charge is 0.376 e. The van der Waals surface area contributed by atoms with Crippen molar-refractivity contribution in [2.75, 3.05) is 5.32 Å². The predicted molar refractivity (Wildman–Crippen MR) is 109 cm³/mol. The molecule has 0 fully saturated rings. The summed E-state index contributed by atoms with van der Waals surface area (Å²) >= 11 is 0. The van der Waals surface area contributed by atoms with Gasteiger partial charge in [-0.05, 0) is 49.7 Å². The number of fused-ring (bicyclic) bond motifs is 1. The van der Waals surface area contributed by atoms with Crippen molar-refractivity contribution in [2.45, 2.75) is 20.4 Å². The van der Waals surface area contributed by atoms with Gasteiger partial charge in [-0.25, -0.2) is 4.98 Å². The van der Waals surface area contributed by atoms with Gasteiger partial charge in [-0.15, -0.1) is 0 Å². The Morgan fingerprint density at radius 3 is 2.69 bits per heavy atom. The summed E-state index contributed by atoms with van der Waals surface area (Å²) in [6.07, 6.45) is 1.45. The van der Waals surface area contributed by atoms with Crippen LogP contribution in [-0.2, 0) is 6.54 Å². The molecule has 0 aliphatic carbocycles. The summed E-state index contributed by atoms with van der Waals surface area (Å²) < 4.78 is 3.04. The summed E-state index contributed by atoms with van der Waals surface area (Å²) in [6.45, 7) is 4.48. The molecular weight excluding hydrogens is 372 g/mol. The number of hydrogen-bond donors (Lipinski definition) is 1. The molecule has 3 heterocycles. The van der Waals surface area contributed by atoms with Gasteiger partial charge in [-0.1, -0.05) is 18.2 Å². The maximum absolute atomic E-state index is 12.6. The van der Waals surface area contributed by atoms with Crippen LogP contribution in [0.4, 0.5) is 17.2 Å². The Balaban J connectivity index is 1.72. The lowest BCUT2D eigenvalue weighted by molar-refractivity contribution is -0.385. The molecule has 1 aromatic carbocycles. The topological polar surface area (TPSA) is 107 Å². The van der Waals surface area contributed by atoms with Crippen molar-refractivity contribution in [2.24, 2.45) is 0 Å². The van der Waals surface area contributed by atoms with E-state index >= 15 is 0 Å². The molecule has 0 saturated carbocycles. The number of nitrogens with zero attached hydrogens (tertiary/aromatic N) is 5. The highest BCUT2D eigenvalue weighted by Crippen LogP contribution is 2.24. The van der Waals surface area contributed by atoms with Gasteiger partial charge in [-0.3, -0.25) is 24.0 Å². The van der Waals surface area contributed by atoms with E-state index in [-0.39, 0.29) is 5.82 Å². The van der Waals surface area contributed by atoms with Crippen LogP contribution >= 0.6 is 0 Å². The fourth-order valence-corrected chi connectivity index (χ4v) is 3.22. The number of hydrogen-bond acceptors (Lipinski definition) is 6. The van der Waals surface area contributed by atoms with Crippen LogP contribution in [0.25, 0.3) is 5.65 Å². The first-order valence-corrected chi connectivity index (χ1v) is 8.95. The van der Waals surface area contributed by atoms with Gasteiger partial charge in [0.2, 0.25) is 5.82 Å². The fourth-order valence-electron chi connectivity index (χ4n) is 3.22. The van der Waals surface area contributed by atoms with Crippen molar-refractivity contribution in [3.05, 3.63) is 92.1 Å². The number of nitro groups is 1. The Kier molecular flexibility index (Phi) is 4.55. The molecule has 0 amide bonds. The van der Waals surface area contributed by atoms with Gasteiger partial charge in [0, 0.05) is 17.6 Å². The summed E-state index contributed by atoms with van der Waals surface area (Å²) in [7, 11) is 0. The van der Waals surface area contributed by atoms with Gasteiger partial charge in [0.25, 0.3) is 0 Å². The van der Waals surface area contributed by atoms with E-state index in [2.05, 4.69) is 15.4 Å². The van der Waals surface area contributed by atoms with Crippen LogP contribution in [-0.4, -0.2) is 24.1 Å². The molecule has 1 N–H and O–H groups in total. The zero-order chi connectivity index (χ0) is 20.5. The van der Waals surface area contributed by atoms with E-state index in [1.807, 2.05) is 42.8 Å². The van der Waals surface area contributed by atoms with Gasteiger partial charge in [-0.2, -0.15) is 5.10 Å². The minimum absolute atomic E-state index is 0.0885. The number of aryl methyl sites for hydroxylation is 2. The number of nitrogens with one attached hydrogen (secondary N) is 1. The smallest absolute Gasteiger partial charge is 0.334 e. The lowest BCUT2D eigenvalue weighted by Crippen LogP contribution is -2.20. The minimum atomic E-state index is -0.734. The van der Waals surface area contributed by atoms with Crippen LogP contribution in [0.2, 0.25) is 0 Å². The van der Waals surface area contributed by atoms with Crippen molar-refractivity contribution >= 4 is 22.8 Å². The molecule has 0 unspecified atom stereocenters. The van der Waals surface area contributed by atoms with E-state index in [4.69, 9.17) is 0 Å². The lowest BCUT2D eigenvalue weighted by atomic mass is 10.2. The van der Waals surface area contributed by atoms with E-state index in [1.165, 1.54) is 6.20 Å². The Bertz CT molecular complexity index is 1290. The number of pyridine rings is 1. The van der Waals surface area contributed by atoms with Crippen LogP contribution in [0.3, 0.4) is 0 Å². The third kappa shape index (κ3) is 3.57. The van der Waals surface area contributed by atoms with Gasteiger partial charge >= 0.3 is 11.2 Å². The molecule has 0 bridgehead atoms. The average molecular weight is 390 g/mol. The molecule has 0 aliphatic rings. The Labute approximate surface area is 165 Å². The average Bonchev–Trinajstić information content (AvgIpc) is 2.99. The quantitative estimate of drug-likeness (QED) is 0.414. The van der Waals surface area contributed by atoms with Gasteiger partial charge < -0.3 is 5.32 Å². The predicted octanol–water partition coefficient (Wildman–Crippen LogP) is 3.21. The van der Waals surface area contributed by atoms with E-state index in [1.54, 1.807) is 24.3 Å². The first-order chi connectivity index (χ1) is 13.9. The zero-order valence-corrected chi connectivity index (χ0v) is 15.9.